The number of hydrogen-bond acceptors (Lipinski definition) is 3. The molecule has 4 aliphatic carbocycles. The summed E-state index contributed by atoms with van der Waals surface area (Å²) in [4.78, 5) is 11.9. The molecule has 136 valence electrons. The van der Waals surface area contributed by atoms with Crippen molar-refractivity contribution in [3.05, 3.63) is 23.8 Å². The van der Waals surface area contributed by atoms with Crippen LogP contribution in [0.3, 0.4) is 0 Å². The van der Waals surface area contributed by atoms with Gasteiger partial charge in [0, 0.05) is 17.3 Å². The van der Waals surface area contributed by atoms with E-state index in [0.717, 1.165) is 26.1 Å². The van der Waals surface area contributed by atoms with Crippen LogP contribution in [0.15, 0.2) is 23.8 Å². The first-order valence-electron chi connectivity index (χ1n) is 10.1. The van der Waals surface area contributed by atoms with E-state index >= 15 is 0 Å². The molecule has 0 bridgehead atoms. The summed E-state index contributed by atoms with van der Waals surface area (Å²) in [5.74, 6) is 2.49. The van der Waals surface area contributed by atoms with Crippen LogP contribution in [0.1, 0.15) is 52.9 Å². The van der Waals surface area contributed by atoms with E-state index < -0.39 is 0 Å². The second-order valence-electron chi connectivity index (χ2n) is 9.60. The Morgan fingerprint density at radius 2 is 1.80 bits per heavy atom. The number of allylic oxidation sites excluding steroid dienone is 4. The van der Waals surface area contributed by atoms with E-state index in [2.05, 4.69) is 26.8 Å². The van der Waals surface area contributed by atoms with Gasteiger partial charge in [0.25, 0.3) is 0 Å². The summed E-state index contributed by atoms with van der Waals surface area (Å²) in [5, 5.41) is 0. The smallest absolute Gasteiger partial charge is 0.178 e. The van der Waals surface area contributed by atoms with Gasteiger partial charge in [0.2, 0.25) is 0 Å². The van der Waals surface area contributed by atoms with Crippen LogP contribution in [0.4, 0.5) is 0 Å². The van der Waals surface area contributed by atoms with Crippen molar-refractivity contribution in [1.82, 2.24) is 0 Å². The zero-order chi connectivity index (χ0) is 17.4. The molecule has 5 aliphatic rings. The fourth-order valence-electron chi connectivity index (χ4n) is 7.44. The molecule has 0 radical (unpaired) electrons. The molecule has 1 aliphatic heterocycles. The number of fused-ring (bicyclic) bond motifs is 6. The second-order valence-corrected chi connectivity index (χ2v) is 9.60. The monoisotopic (exact) mass is 342 g/mol. The minimum atomic E-state index is -0.322. The second kappa shape index (κ2) is 5.07. The van der Waals surface area contributed by atoms with Crippen molar-refractivity contribution in [3.63, 3.8) is 0 Å². The van der Waals surface area contributed by atoms with Gasteiger partial charge in [0.05, 0.1) is 13.2 Å². The zero-order valence-corrected chi connectivity index (χ0v) is 15.7. The van der Waals surface area contributed by atoms with Gasteiger partial charge in [0.15, 0.2) is 11.6 Å². The van der Waals surface area contributed by atoms with Gasteiger partial charge < -0.3 is 9.47 Å². The highest BCUT2D eigenvalue weighted by atomic mass is 16.7. The van der Waals surface area contributed by atoms with Gasteiger partial charge in [-0.2, -0.15) is 0 Å². The molecule has 6 unspecified atom stereocenters. The number of ketones is 1. The molecule has 1 spiro atoms. The van der Waals surface area contributed by atoms with Gasteiger partial charge in [-0.1, -0.05) is 32.4 Å². The number of carbonyl (C=O) groups is 1. The maximum absolute atomic E-state index is 11.9. The summed E-state index contributed by atoms with van der Waals surface area (Å²) in [5.41, 5.74) is 1.59. The van der Waals surface area contributed by atoms with Crippen LogP contribution in [0.2, 0.25) is 0 Å². The Kier molecular flexibility index (Phi) is 3.30. The third-order valence-corrected chi connectivity index (χ3v) is 8.70. The lowest BCUT2D eigenvalue weighted by Gasteiger charge is -2.59. The van der Waals surface area contributed by atoms with Gasteiger partial charge in [-0.15, -0.1) is 0 Å². The summed E-state index contributed by atoms with van der Waals surface area (Å²) in [6.07, 6.45) is 11.7. The topological polar surface area (TPSA) is 35.5 Å². The lowest BCUT2D eigenvalue weighted by atomic mass is 9.46. The Morgan fingerprint density at radius 1 is 1.08 bits per heavy atom. The Bertz CT molecular complexity index is 671. The number of carbonyl (C=O) groups excluding carboxylic acids is 1. The summed E-state index contributed by atoms with van der Waals surface area (Å²) >= 11 is 0. The van der Waals surface area contributed by atoms with Crippen molar-refractivity contribution < 1.29 is 14.3 Å². The van der Waals surface area contributed by atoms with Crippen LogP contribution in [0.25, 0.3) is 0 Å². The summed E-state index contributed by atoms with van der Waals surface area (Å²) < 4.78 is 12.5. The van der Waals surface area contributed by atoms with E-state index in [-0.39, 0.29) is 22.4 Å². The molecule has 6 atom stereocenters. The van der Waals surface area contributed by atoms with Crippen LogP contribution in [0.5, 0.6) is 0 Å². The van der Waals surface area contributed by atoms with Crippen molar-refractivity contribution in [2.45, 2.75) is 58.7 Å². The Labute approximate surface area is 150 Å². The predicted molar refractivity (Wildman–Crippen MR) is 95.8 cm³/mol. The van der Waals surface area contributed by atoms with Gasteiger partial charge in [-0.05, 0) is 61.5 Å². The largest absolute Gasteiger partial charge is 0.347 e. The molecule has 0 N–H and O–H groups in total. The Morgan fingerprint density at radius 3 is 2.56 bits per heavy atom. The van der Waals surface area contributed by atoms with E-state index in [4.69, 9.17) is 9.47 Å². The molecule has 3 saturated carbocycles. The maximum Gasteiger partial charge on any atom is 0.178 e. The minimum Gasteiger partial charge on any atom is -0.347 e. The van der Waals surface area contributed by atoms with Crippen molar-refractivity contribution in [2.24, 2.45) is 34.5 Å². The number of rotatable bonds is 0. The highest BCUT2D eigenvalue weighted by Gasteiger charge is 2.67. The van der Waals surface area contributed by atoms with Crippen molar-refractivity contribution in [1.29, 1.82) is 0 Å². The molecule has 0 aromatic heterocycles. The standard InChI is InChI=1S/C22H30O3/c1-14-12-15-13-16(23)4-7-20(15,2)17-5-8-21(3)18(19(14)17)6-9-22(21)24-10-11-25-22/h4,7,13-14,17-19H,5-6,8-12H2,1-3H3. The van der Waals surface area contributed by atoms with Crippen LogP contribution >= 0.6 is 0 Å². The Hall–Kier alpha value is -0.930. The highest BCUT2D eigenvalue weighted by molar-refractivity contribution is 6.01. The maximum atomic E-state index is 11.9. The van der Waals surface area contributed by atoms with Gasteiger partial charge in [-0.25, -0.2) is 0 Å². The van der Waals surface area contributed by atoms with Crippen LogP contribution < -0.4 is 0 Å². The van der Waals surface area contributed by atoms with Crippen molar-refractivity contribution >= 4 is 5.78 Å². The summed E-state index contributed by atoms with van der Waals surface area (Å²) in [7, 11) is 0. The average molecular weight is 342 g/mol. The fourth-order valence-corrected chi connectivity index (χ4v) is 7.44. The van der Waals surface area contributed by atoms with Gasteiger partial charge in [0.1, 0.15) is 0 Å². The first kappa shape index (κ1) is 16.3. The fraction of sp³-hybridized carbons (Fsp3) is 0.773. The van der Waals surface area contributed by atoms with Crippen LogP contribution in [0, 0.1) is 34.5 Å². The lowest BCUT2D eigenvalue weighted by Crippen LogP contribution is -2.56. The van der Waals surface area contributed by atoms with Crippen LogP contribution in [-0.4, -0.2) is 24.8 Å². The van der Waals surface area contributed by atoms with E-state index in [1.165, 1.54) is 24.8 Å². The van der Waals surface area contributed by atoms with E-state index in [9.17, 15) is 4.79 Å². The SMILES string of the molecule is CC1CC2=CC(=O)C=CC2(C)C2CCC3(C)C(CCC34OCCO4)C12. The van der Waals surface area contributed by atoms with Gasteiger partial charge >= 0.3 is 0 Å². The zero-order valence-electron chi connectivity index (χ0n) is 15.7. The highest BCUT2D eigenvalue weighted by Crippen LogP contribution is 2.69. The normalized spacial score (nSPS) is 50.4. The van der Waals surface area contributed by atoms with Gasteiger partial charge in [-0.3, -0.25) is 4.79 Å². The van der Waals surface area contributed by atoms with E-state index in [0.29, 0.717) is 23.7 Å². The molecular weight excluding hydrogens is 312 g/mol. The molecule has 4 fully saturated rings. The van der Waals surface area contributed by atoms with E-state index in [1.807, 2.05) is 12.2 Å². The molecule has 25 heavy (non-hydrogen) atoms. The quantitative estimate of drug-likeness (QED) is 0.659. The molecule has 1 heterocycles. The average Bonchev–Trinajstić information content (AvgIpc) is 3.17. The number of ether oxygens (including phenoxy) is 2. The predicted octanol–water partition coefficient (Wildman–Crippen LogP) is 4.28. The third-order valence-electron chi connectivity index (χ3n) is 8.70. The third kappa shape index (κ3) is 1.92. The molecule has 3 heteroatoms. The number of hydrogen-bond donors (Lipinski definition) is 0. The summed E-state index contributed by atoms with van der Waals surface area (Å²) in [6.45, 7) is 8.73. The Balaban J connectivity index is 1.54. The van der Waals surface area contributed by atoms with E-state index in [1.54, 1.807) is 0 Å². The van der Waals surface area contributed by atoms with Crippen molar-refractivity contribution in [2.75, 3.05) is 13.2 Å². The molecule has 0 amide bonds. The van der Waals surface area contributed by atoms with Crippen molar-refractivity contribution in [3.8, 4) is 0 Å². The first-order chi connectivity index (χ1) is 11.9. The van der Waals surface area contributed by atoms with Crippen LogP contribution in [-0.2, 0) is 14.3 Å². The molecule has 0 aromatic carbocycles. The molecule has 0 aromatic rings. The lowest BCUT2D eigenvalue weighted by molar-refractivity contribution is -0.244. The molecule has 5 rings (SSSR count). The minimum absolute atomic E-state index is 0.0690. The summed E-state index contributed by atoms with van der Waals surface area (Å²) in [6, 6.07) is 0. The first-order valence-corrected chi connectivity index (χ1v) is 10.1. The molecule has 1 saturated heterocycles. The molecule has 3 nitrogen and oxygen atoms in total. The molecular formula is C22H30O3.